The fourth-order valence-electron chi connectivity index (χ4n) is 3.24. The highest BCUT2D eigenvalue weighted by molar-refractivity contribution is 7.10. The minimum absolute atomic E-state index is 0.00881. The largest absolute Gasteiger partial charge is 0.497 e. The molecule has 3 nitrogen and oxygen atoms in total. The van der Waals surface area contributed by atoms with E-state index in [-0.39, 0.29) is 11.3 Å². The first-order chi connectivity index (χ1) is 10.7. The van der Waals surface area contributed by atoms with Crippen LogP contribution in [-0.4, -0.2) is 19.6 Å². The van der Waals surface area contributed by atoms with Crippen molar-refractivity contribution in [3.8, 4) is 5.75 Å². The first-order valence-electron chi connectivity index (χ1n) is 7.70. The van der Waals surface area contributed by atoms with Crippen LogP contribution in [0.15, 0.2) is 41.8 Å². The summed E-state index contributed by atoms with van der Waals surface area (Å²) in [7, 11) is 1.62. The van der Waals surface area contributed by atoms with Crippen LogP contribution in [0.2, 0.25) is 0 Å². The molecule has 1 N–H and O–H groups in total. The van der Waals surface area contributed by atoms with E-state index in [4.69, 9.17) is 4.74 Å². The summed E-state index contributed by atoms with van der Waals surface area (Å²) >= 11 is 1.80. The van der Waals surface area contributed by atoms with E-state index in [1.54, 1.807) is 30.6 Å². The van der Waals surface area contributed by atoms with Crippen LogP contribution in [0.25, 0.3) is 0 Å². The van der Waals surface area contributed by atoms with Crippen LogP contribution < -0.4 is 10.1 Å². The Morgan fingerprint density at radius 1 is 1.23 bits per heavy atom. The smallest absolute Gasteiger partial charge is 0.251 e. The molecular weight excluding hydrogens is 294 g/mol. The molecule has 0 aliphatic heterocycles. The van der Waals surface area contributed by atoms with Crippen LogP contribution >= 0.6 is 11.3 Å². The van der Waals surface area contributed by atoms with E-state index in [0.717, 1.165) is 25.1 Å². The summed E-state index contributed by atoms with van der Waals surface area (Å²) in [5.41, 5.74) is 0.816. The van der Waals surface area contributed by atoms with E-state index in [2.05, 4.69) is 22.8 Å². The lowest BCUT2D eigenvalue weighted by molar-refractivity contribution is 0.0943. The summed E-state index contributed by atoms with van der Waals surface area (Å²) in [6.45, 7) is 0.721. The van der Waals surface area contributed by atoms with Gasteiger partial charge in [0.1, 0.15) is 5.75 Å². The van der Waals surface area contributed by atoms with Crippen LogP contribution in [0.5, 0.6) is 5.75 Å². The van der Waals surface area contributed by atoms with Gasteiger partial charge in [-0.2, -0.15) is 0 Å². The van der Waals surface area contributed by atoms with Gasteiger partial charge in [0.2, 0.25) is 0 Å². The van der Waals surface area contributed by atoms with Gasteiger partial charge in [0.25, 0.3) is 5.91 Å². The Labute approximate surface area is 135 Å². The summed E-state index contributed by atoms with van der Waals surface area (Å²) in [6.07, 6.45) is 4.82. The maximum atomic E-state index is 12.4. The fraction of sp³-hybridized carbons (Fsp3) is 0.389. The number of ether oxygens (including phenoxy) is 1. The zero-order valence-electron chi connectivity index (χ0n) is 12.8. The van der Waals surface area contributed by atoms with Crippen molar-refractivity contribution in [2.45, 2.75) is 31.1 Å². The quantitative estimate of drug-likeness (QED) is 0.905. The normalized spacial score (nSPS) is 16.4. The topological polar surface area (TPSA) is 38.3 Å². The van der Waals surface area contributed by atoms with Crippen molar-refractivity contribution in [2.75, 3.05) is 13.7 Å². The van der Waals surface area contributed by atoms with E-state index < -0.39 is 0 Å². The average Bonchev–Trinajstić information content (AvgIpc) is 3.24. The predicted octanol–water partition coefficient (Wildman–Crippen LogP) is 4.00. The van der Waals surface area contributed by atoms with Crippen molar-refractivity contribution in [1.82, 2.24) is 5.32 Å². The minimum atomic E-state index is -0.00881. The number of benzene rings is 1. The van der Waals surface area contributed by atoms with Crippen LogP contribution in [0, 0.1) is 0 Å². The maximum absolute atomic E-state index is 12.4. The molecule has 1 aliphatic carbocycles. The van der Waals surface area contributed by atoms with Crippen LogP contribution in [0.3, 0.4) is 0 Å². The van der Waals surface area contributed by atoms with Crippen molar-refractivity contribution in [3.63, 3.8) is 0 Å². The molecule has 1 saturated carbocycles. The van der Waals surface area contributed by atoms with Crippen molar-refractivity contribution in [1.29, 1.82) is 0 Å². The standard InChI is InChI=1S/C18H21NO2S/c1-21-15-8-6-14(7-9-15)17(20)19-13-18(10-2-3-11-18)16-5-4-12-22-16/h4-9,12H,2-3,10-11,13H2,1H3,(H,19,20). The number of rotatable bonds is 5. The number of methoxy groups -OCH3 is 1. The van der Waals surface area contributed by atoms with Gasteiger partial charge in [-0.15, -0.1) is 11.3 Å². The molecule has 1 aromatic heterocycles. The first-order valence-corrected chi connectivity index (χ1v) is 8.58. The second-order valence-corrected chi connectivity index (χ2v) is 6.82. The van der Waals surface area contributed by atoms with Gasteiger partial charge >= 0.3 is 0 Å². The van der Waals surface area contributed by atoms with Crippen molar-refractivity contribution < 1.29 is 9.53 Å². The Morgan fingerprint density at radius 3 is 2.55 bits per heavy atom. The highest BCUT2D eigenvalue weighted by Gasteiger charge is 2.36. The molecule has 0 radical (unpaired) electrons. The number of carbonyl (C=O) groups excluding carboxylic acids is 1. The molecule has 1 fully saturated rings. The molecule has 0 saturated heterocycles. The van der Waals surface area contributed by atoms with E-state index in [1.165, 1.54) is 17.7 Å². The summed E-state index contributed by atoms with van der Waals surface area (Å²) in [5, 5.41) is 5.26. The van der Waals surface area contributed by atoms with Crippen molar-refractivity contribution >= 4 is 17.2 Å². The SMILES string of the molecule is COc1ccc(C(=O)NCC2(c3cccs3)CCCC2)cc1. The summed E-state index contributed by atoms with van der Waals surface area (Å²) in [6, 6.07) is 11.6. The third-order valence-corrected chi connectivity index (χ3v) is 5.66. The molecule has 0 unspecified atom stereocenters. The molecule has 0 bridgehead atoms. The lowest BCUT2D eigenvalue weighted by Crippen LogP contribution is -2.38. The maximum Gasteiger partial charge on any atom is 0.251 e. The van der Waals surface area contributed by atoms with Gasteiger partial charge in [-0.05, 0) is 48.6 Å². The molecule has 3 rings (SSSR count). The predicted molar refractivity (Wildman–Crippen MR) is 89.8 cm³/mol. The zero-order chi connectivity index (χ0) is 15.4. The van der Waals surface area contributed by atoms with Gasteiger partial charge in [-0.3, -0.25) is 4.79 Å². The number of nitrogens with one attached hydrogen (secondary N) is 1. The van der Waals surface area contributed by atoms with E-state index in [1.807, 2.05) is 12.1 Å². The summed E-state index contributed by atoms with van der Waals surface area (Å²) < 4.78 is 5.12. The number of carbonyl (C=O) groups is 1. The highest BCUT2D eigenvalue weighted by Crippen LogP contribution is 2.42. The van der Waals surface area contributed by atoms with Crippen LogP contribution in [0.4, 0.5) is 0 Å². The highest BCUT2D eigenvalue weighted by atomic mass is 32.1. The Bertz CT molecular complexity index is 613. The second-order valence-electron chi connectivity index (χ2n) is 5.88. The lowest BCUT2D eigenvalue weighted by atomic mass is 9.84. The molecule has 1 amide bonds. The van der Waals surface area contributed by atoms with Gasteiger partial charge in [-0.25, -0.2) is 0 Å². The second kappa shape index (κ2) is 6.53. The molecule has 116 valence electrons. The van der Waals surface area contributed by atoms with E-state index in [9.17, 15) is 4.79 Å². The number of thiophene rings is 1. The van der Waals surface area contributed by atoms with Gasteiger partial charge < -0.3 is 10.1 Å². The summed E-state index contributed by atoms with van der Waals surface area (Å²) in [5.74, 6) is 0.757. The molecule has 22 heavy (non-hydrogen) atoms. The zero-order valence-corrected chi connectivity index (χ0v) is 13.6. The molecule has 2 aromatic rings. The van der Waals surface area contributed by atoms with Crippen LogP contribution in [-0.2, 0) is 5.41 Å². The molecule has 1 aliphatic rings. The third-order valence-electron chi connectivity index (χ3n) is 4.54. The van der Waals surface area contributed by atoms with Gasteiger partial charge in [0.15, 0.2) is 0 Å². The van der Waals surface area contributed by atoms with E-state index >= 15 is 0 Å². The van der Waals surface area contributed by atoms with Gasteiger partial charge in [-0.1, -0.05) is 18.9 Å². The minimum Gasteiger partial charge on any atom is -0.497 e. The fourth-order valence-corrected chi connectivity index (χ4v) is 4.22. The third kappa shape index (κ3) is 3.02. The van der Waals surface area contributed by atoms with Crippen molar-refractivity contribution in [2.24, 2.45) is 0 Å². The summed E-state index contributed by atoms with van der Waals surface area (Å²) in [4.78, 5) is 13.8. The lowest BCUT2D eigenvalue weighted by Gasteiger charge is -2.28. The van der Waals surface area contributed by atoms with Crippen molar-refractivity contribution in [3.05, 3.63) is 52.2 Å². The molecule has 1 aromatic carbocycles. The Morgan fingerprint density at radius 2 is 1.95 bits per heavy atom. The Kier molecular flexibility index (Phi) is 4.48. The van der Waals surface area contributed by atoms with E-state index in [0.29, 0.717) is 5.56 Å². The molecule has 0 spiro atoms. The number of hydrogen-bond donors (Lipinski definition) is 1. The number of amides is 1. The molecule has 0 atom stereocenters. The number of hydrogen-bond acceptors (Lipinski definition) is 3. The monoisotopic (exact) mass is 315 g/mol. The molecular formula is C18H21NO2S. The van der Waals surface area contributed by atoms with Crippen LogP contribution in [0.1, 0.15) is 40.9 Å². The first kappa shape index (κ1) is 15.1. The Hall–Kier alpha value is -1.81. The Balaban J connectivity index is 1.68. The molecule has 1 heterocycles. The molecule has 4 heteroatoms. The average molecular weight is 315 g/mol. The van der Waals surface area contributed by atoms with Gasteiger partial charge in [0.05, 0.1) is 7.11 Å². The van der Waals surface area contributed by atoms with Gasteiger partial charge in [0, 0.05) is 22.4 Å².